The second-order valence-electron chi connectivity index (χ2n) is 12.2. The molecule has 2 heteroatoms. The van der Waals surface area contributed by atoms with Gasteiger partial charge in [0.2, 0.25) is 0 Å². The van der Waals surface area contributed by atoms with E-state index in [9.17, 15) is 4.79 Å². The van der Waals surface area contributed by atoms with E-state index in [0.29, 0.717) is 6.61 Å². The molecule has 0 heterocycles. The van der Waals surface area contributed by atoms with Gasteiger partial charge in [0.05, 0.1) is 0 Å². The molecule has 0 aliphatic rings. The number of unbranched alkanes of at least 4 members (excludes halogenated alkanes) is 6. The smallest absolute Gasteiger partial charge is 0.150 e. The highest BCUT2D eigenvalue weighted by Crippen LogP contribution is 2.37. The maximum absolute atomic E-state index is 11.2. The average Bonchev–Trinajstić information content (AvgIpc) is 3.08. The van der Waals surface area contributed by atoms with E-state index in [4.69, 9.17) is 5.11 Å². The van der Waals surface area contributed by atoms with Crippen molar-refractivity contribution in [3.8, 4) is 0 Å². The summed E-state index contributed by atoms with van der Waals surface area (Å²) in [5.74, 6) is 0. The molecule has 0 aliphatic carbocycles. The Morgan fingerprint density at radius 3 is 1.43 bits per heavy atom. The van der Waals surface area contributed by atoms with Gasteiger partial charge in [0.25, 0.3) is 0 Å². The molecule has 0 aromatic heterocycles. The Morgan fingerprint density at radius 1 is 0.432 bits per heavy atom. The van der Waals surface area contributed by atoms with Gasteiger partial charge in [0.15, 0.2) is 6.29 Å². The van der Waals surface area contributed by atoms with Crippen LogP contribution in [0.2, 0.25) is 0 Å². The average molecular weight is 575 g/mol. The Balaban J connectivity index is 0.000000151. The number of aliphatic hydroxyl groups is 1. The van der Waals surface area contributed by atoms with E-state index >= 15 is 0 Å². The first-order valence-electron chi connectivity index (χ1n) is 16.1. The number of hydrogen-bond donors (Lipinski definition) is 1. The van der Waals surface area contributed by atoms with Crippen molar-refractivity contribution in [2.45, 2.75) is 51.4 Å². The summed E-state index contributed by atoms with van der Waals surface area (Å²) < 4.78 is 0. The fourth-order valence-corrected chi connectivity index (χ4v) is 7.19. The van der Waals surface area contributed by atoms with Crippen LogP contribution >= 0.6 is 0 Å². The normalized spacial score (nSPS) is 11.8. The van der Waals surface area contributed by atoms with Gasteiger partial charge in [-0.25, -0.2) is 0 Å². The lowest BCUT2D eigenvalue weighted by Gasteiger charge is -2.14. The third-order valence-corrected chi connectivity index (χ3v) is 9.41. The Labute approximate surface area is 258 Å². The number of carbonyl (C=O) groups excluding carboxylic acids is 1. The van der Waals surface area contributed by atoms with Crippen molar-refractivity contribution in [2.75, 3.05) is 6.61 Å². The van der Waals surface area contributed by atoms with Gasteiger partial charge in [-0.1, -0.05) is 141 Å². The van der Waals surface area contributed by atoms with Crippen molar-refractivity contribution in [1.29, 1.82) is 0 Å². The first kappa shape index (κ1) is 28.3. The molecular formula is C42H38O2. The summed E-state index contributed by atoms with van der Waals surface area (Å²) in [5, 5.41) is 24.4. The van der Waals surface area contributed by atoms with E-state index in [-0.39, 0.29) is 0 Å². The van der Waals surface area contributed by atoms with Crippen LogP contribution in [0.3, 0.4) is 0 Å². The fourth-order valence-electron chi connectivity index (χ4n) is 7.19. The summed E-state index contributed by atoms with van der Waals surface area (Å²) in [6, 6.07) is 39.0. The van der Waals surface area contributed by atoms with Gasteiger partial charge in [-0.05, 0) is 89.5 Å². The lowest BCUT2D eigenvalue weighted by molar-refractivity contribution is 0.112. The molecule has 0 bridgehead atoms. The molecular weight excluding hydrogens is 536 g/mol. The topological polar surface area (TPSA) is 37.3 Å². The zero-order valence-electron chi connectivity index (χ0n) is 25.2. The minimum Gasteiger partial charge on any atom is -0.396 e. The predicted octanol–water partition coefficient (Wildman–Crippen LogP) is 11.2. The molecule has 0 unspecified atom stereocenters. The Morgan fingerprint density at radius 2 is 0.864 bits per heavy atom. The molecule has 0 fully saturated rings. The molecule has 0 amide bonds. The van der Waals surface area contributed by atoms with E-state index in [1.165, 1.54) is 110 Å². The molecule has 0 saturated heterocycles. The van der Waals surface area contributed by atoms with E-state index < -0.39 is 0 Å². The van der Waals surface area contributed by atoms with Crippen LogP contribution < -0.4 is 0 Å². The number of hydrogen-bond acceptors (Lipinski definition) is 2. The summed E-state index contributed by atoms with van der Waals surface area (Å²) in [4.78, 5) is 11.2. The lowest BCUT2D eigenvalue weighted by Crippen LogP contribution is -1.91. The number of aliphatic hydroxyl groups excluding tert-OH is 1. The van der Waals surface area contributed by atoms with Crippen LogP contribution in [0.4, 0.5) is 0 Å². The SMILES string of the molecule is O=Cc1ccc2ccc3cccc4ccc1c2c34.OCCCCCCCCCc1ccc2ccc3cccc4ccc1c2c34. The Hall–Kier alpha value is -4.53. The molecule has 0 spiro atoms. The standard InChI is InChI=1S/C25H28O.C17H10O/c26-18-7-5-3-1-2-4-6-9-19-12-13-22-15-14-20-10-8-11-21-16-17-23(19)25(22)24(20)21;18-10-14-7-6-13-5-4-11-2-1-3-12-8-9-15(14)17(13)16(11)12/h8,10-17,26H,1-7,9,18H2;1-10H. The van der Waals surface area contributed by atoms with E-state index in [1.54, 1.807) is 0 Å². The van der Waals surface area contributed by atoms with Crippen molar-refractivity contribution < 1.29 is 9.90 Å². The third-order valence-electron chi connectivity index (χ3n) is 9.41. The quantitative estimate of drug-likeness (QED) is 0.100. The molecule has 44 heavy (non-hydrogen) atoms. The van der Waals surface area contributed by atoms with Crippen LogP contribution in [0, 0.1) is 0 Å². The van der Waals surface area contributed by atoms with Gasteiger partial charge >= 0.3 is 0 Å². The number of carbonyl (C=O) groups is 1. The van der Waals surface area contributed by atoms with E-state index in [1.807, 2.05) is 18.2 Å². The molecule has 0 atom stereocenters. The molecule has 8 rings (SSSR count). The molecule has 0 radical (unpaired) electrons. The zero-order valence-corrected chi connectivity index (χ0v) is 25.2. The van der Waals surface area contributed by atoms with E-state index in [2.05, 4.69) is 91.0 Å². The van der Waals surface area contributed by atoms with Crippen molar-refractivity contribution >= 4 is 70.9 Å². The number of aryl methyl sites for hydroxylation is 1. The maximum Gasteiger partial charge on any atom is 0.150 e. The molecule has 2 nitrogen and oxygen atoms in total. The highest BCUT2D eigenvalue weighted by atomic mass is 16.2. The number of aldehydes is 1. The molecule has 0 saturated carbocycles. The van der Waals surface area contributed by atoms with Crippen LogP contribution in [0.25, 0.3) is 64.6 Å². The highest BCUT2D eigenvalue weighted by molar-refractivity contribution is 6.25. The van der Waals surface area contributed by atoms with Crippen LogP contribution in [-0.4, -0.2) is 18.0 Å². The van der Waals surface area contributed by atoms with Gasteiger partial charge in [0, 0.05) is 12.2 Å². The molecule has 218 valence electrons. The summed E-state index contributed by atoms with van der Waals surface area (Å²) >= 11 is 0. The minimum absolute atomic E-state index is 0.342. The second-order valence-corrected chi connectivity index (χ2v) is 12.2. The molecule has 8 aromatic rings. The van der Waals surface area contributed by atoms with Crippen LogP contribution in [0.15, 0.2) is 109 Å². The third kappa shape index (κ3) is 5.25. The van der Waals surface area contributed by atoms with Gasteiger partial charge in [-0.3, -0.25) is 4.79 Å². The van der Waals surface area contributed by atoms with Crippen molar-refractivity contribution in [3.63, 3.8) is 0 Å². The summed E-state index contributed by atoms with van der Waals surface area (Å²) in [5.41, 5.74) is 2.26. The van der Waals surface area contributed by atoms with Crippen molar-refractivity contribution in [1.82, 2.24) is 0 Å². The van der Waals surface area contributed by atoms with Crippen LogP contribution in [0.1, 0.15) is 60.9 Å². The summed E-state index contributed by atoms with van der Waals surface area (Å²) in [7, 11) is 0. The number of rotatable bonds is 10. The van der Waals surface area contributed by atoms with Crippen LogP contribution in [-0.2, 0) is 6.42 Å². The molecule has 8 aromatic carbocycles. The Kier molecular flexibility index (Phi) is 8.09. The maximum atomic E-state index is 11.2. The number of benzene rings is 8. The van der Waals surface area contributed by atoms with E-state index in [0.717, 1.165) is 23.7 Å². The first-order chi connectivity index (χ1) is 21.8. The van der Waals surface area contributed by atoms with Gasteiger partial charge < -0.3 is 5.11 Å². The molecule has 0 aliphatic heterocycles. The second kappa shape index (κ2) is 12.6. The fraction of sp³-hybridized carbons (Fsp3) is 0.214. The van der Waals surface area contributed by atoms with Crippen molar-refractivity contribution in [3.05, 3.63) is 120 Å². The minimum atomic E-state index is 0.342. The highest BCUT2D eigenvalue weighted by Gasteiger charge is 2.11. The van der Waals surface area contributed by atoms with Gasteiger partial charge in [-0.15, -0.1) is 0 Å². The molecule has 1 N–H and O–H groups in total. The lowest BCUT2D eigenvalue weighted by atomic mass is 9.90. The van der Waals surface area contributed by atoms with Crippen molar-refractivity contribution in [2.24, 2.45) is 0 Å². The van der Waals surface area contributed by atoms with Gasteiger partial charge in [-0.2, -0.15) is 0 Å². The Bertz CT molecular complexity index is 2160. The van der Waals surface area contributed by atoms with Crippen LogP contribution in [0.5, 0.6) is 0 Å². The monoisotopic (exact) mass is 574 g/mol. The summed E-state index contributed by atoms with van der Waals surface area (Å²) in [6.07, 6.45) is 10.7. The zero-order chi connectivity index (χ0) is 29.9. The first-order valence-corrected chi connectivity index (χ1v) is 16.1. The van der Waals surface area contributed by atoms with Gasteiger partial charge in [0.1, 0.15) is 0 Å². The largest absolute Gasteiger partial charge is 0.396 e. The predicted molar refractivity (Wildman–Crippen MR) is 189 cm³/mol. The summed E-state index contributed by atoms with van der Waals surface area (Å²) in [6.45, 7) is 0.342.